The van der Waals surface area contributed by atoms with E-state index in [-0.39, 0.29) is 71.7 Å². The Morgan fingerprint density at radius 1 is 0.542 bits per heavy atom. The molecule has 294 valence electrons. The monoisotopic (exact) mass is 1020 g/mol. The predicted octanol–water partition coefficient (Wildman–Crippen LogP) is 6.04. The first-order valence-electron chi connectivity index (χ1n) is 17.9. The van der Waals surface area contributed by atoms with Gasteiger partial charge in [-0.3, -0.25) is 9.97 Å². The van der Waals surface area contributed by atoms with Crippen LogP contribution in [0.25, 0.3) is 21.8 Å². The molecule has 0 amide bonds. The summed E-state index contributed by atoms with van der Waals surface area (Å²) in [6, 6.07) is 30.7. The molecule has 0 aliphatic carbocycles. The SMILES string of the molecule is CC1=NN(S(=O)(=O)c2ccc(O)c3ncccc23)C2=NOC(c3ccccc3)C12.CC1=NN(S(=O)(=O)c2ccc(O)c3ncccc23)C2=NOC(c3ccccc3)C12.[Hg]. The summed E-state index contributed by atoms with van der Waals surface area (Å²) in [6.45, 7) is 3.52. The van der Waals surface area contributed by atoms with Crippen LogP contribution in [0.3, 0.4) is 0 Å². The first-order valence-corrected chi connectivity index (χ1v) is 20.8. The van der Waals surface area contributed by atoms with E-state index >= 15 is 0 Å². The van der Waals surface area contributed by atoms with Crippen LogP contribution in [0.4, 0.5) is 0 Å². The average molecular weight is 1020 g/mol. The first kappa shape index (κ1) is 39.8. The minimum atomic E-state index is -4.09. The van der Waals surface area contributed by atoms with Crippen LogP contribution in [0.5, 0.6) is 11.5 Å². The number of pyridine rings is 2. The number of phenols is 2. The van der Waals surface area contributed by atoms with Crippen molar-refractivity contribution >= 4 is 64.9 Å². The van der Waals surface area contributed by atoms with Crippen LogP contribution in [0.15, 0.2) is 152 Å². The molecule has 4 unspecified atom stereocenters. The fourth-order valence-electron chi connectivity index (χ4n) is 7.41. The maximum Gasteiger partial charge on any atom is 0.285 e. The Hall–Kier alpha value is -5.98. The summed E-state index contributed by atoms with van der Waals surface area (Å²) < 4.78 is 55.7. The molecule has 4 aliphatic heterocycles. The van der Waals surface area contributed by atoms with E-state index in [0.717, 1.165) is 20.0 Å². The Balaban J connectivity index is 0.000000161. The van der Waals surface area contributed by atoms with E-state index < -0.39 is 44.1 Å². The van der Waals surface area contributed by atoms with Crippen molar-refractivity contribution in [3.8, 4) is 11.5 Å². The van der Waals surface area contributed by atoms with Crippen molar-refractivity contribution < 1.29 is 64.4 Å². The fourth-order valence-corrected chi connectivity index (χ4v) is 10.4. The Morgan fingerprint density at radius 2 is 0.932 bits per heavy atom. The third-order valence-corrected chi connectivity index (χ3v) is 13.4. The molecular formula is C40H32HgN8O8S2. The molecule has 4 aromatic carbocycles. The Kier molecular flexibility index (Phi) is 10.3. The number of amidine groups is 2. The second kappa shape index (κ2) is 15.3. The zero-order chi connectivity index (χ0) is 40.3. The number of phenolic OH excluding ortho intramolecular Hbond substituents is 2. The number of hydrogen-bond acceptors (Lipinski definition) is 14. The molecule has 0 bridgehead atoms. The van der Waals surface area contributed by atoms with E-state index in [2.05, 4.69) is 30.5 Å². The molecular weight excluding hydrogens is 985 g/mol. The standard InChI is InChI=1S/2C20H16N4O4S.Hg/c2*1-12-17-19(13-6-3-2-4-7-13)28-23-20(17)24(22-12)29(26,27)16-10-9-15(25)18-14(16)8-5-11-21-18;/h2*2-11,17,19,25H,1H3;. The number of aromatic nitrogens is 2. The van der Waals surface area contributed by atoms with Gasteiger partial charge in [0.25, 0.3) is 20.0 Å². The molecule has 2 N–H and O–H groups in total. The molecule has 6 heterocycles. The Bertz CT molecular complexity index is 2790. The second-order valence-corrected chi connectivity index (χ2v) is 17.1. The zero-order valence-electron chi connectivity index (χ0n) is 31.3. The average Bonchev–Trinajstić information content (AvgIpc) is 4.02. The molecule has 4 atom stereocenters. The van der Waals surface area contributed by atoms with Gasteiger partial charge in [-0.15, -0.1) is 8.83 Å². The normalized spacial score (nSPS) is 20.6. The van der Waals surface area contributed by atoms with Gasteiger partial charge in [0.15, 0.2) is 23.9 Å². The smallest absolute Gasteiger partial charge is 0.285 e. The summed E-state index contributed by atoms with van der Waals surface area (Å²) >= 11 is 0. The quantitative estimate of drug-likeness (QED) is 0.185. The van der Waals surface area contributed by atoms with Gasteiger partial charge in [-0.05, 0) is 73.5 Å². The van der Waals surface area contributed by atoms with Crippen LogP contribution < -0.4 is 0 Å². The topological polar surface area (TPSA) is 209 Å². The fraction of sp³-hybridized carbons (Fsp3) is 0.150. The van der Waals surface area contributed by atoms with Crippen LogP contribution >= 0.6 is 0 Å². The number of sulfonamides is 2. The van der Waals surface area contributed by atoms with E-state index in [1.807, 2.05) is 60.7 Å². The maximum absolute atomic E-state index is 13.5. The number of rotatable bonds is 6. The van der Waals surface area contributed by atoms with Crippen molar-refractivity contribution in [2.45, 2.75) is 35.8 Å². The van der Waals surface area contributed by atoms with Gasteiger partial charge >= 0.3 is 0 Å². The van der Waals surface area contributed by atoms with Gasteiger partial charge in [0, 0.05) is 50.8 Å². The minimum Gasteiger partial charge on any atom is -0.506 e. The minimum absolute atomic E-state index is 0. The summed E-state index contributed by atoms with van der Waals surface area (Å²) in [5.41, 5.74) is 3.39. The molecule has 0 spiro atoms. The summed E-state index contributed by atoms with van der Waals surface area (Å²) in [6.07, 6.45) is 2.11. The Morgan fingerprint density at radius 3 is 1.32 bits per heavy atom. The van der Waals surface area contributed by atoms with E-state index in [0.29, 0.717) is 22.2 Å². The van der Waals surface area contributed by atoms with E-state index in [1.165, 1.54) is 36.7 Å². The van der Waals surface area contributed by atoms with Crippen LogP contribution in [0.1, 0.15) is 37.2 Å². The number of hydrogen-bond donors (Lipinski definition) is 2. The first-order chi connectivity index (χ1) is 28.0. The van der Waals surface area contributed by atoms with Gasteiger partial charge in [0.1, 0.15) is 34.4 Å². The van der Waals surface area contributed by atoms with Crippen molar-refractivity contribution in [3.05, 3.63) is 133 Å². The number of oxime groups is 2. The summed E-state index contributed by atoms with van der Waals surface area (Å²) in [7, 11) is -8.18. The molecule has 6 aromatic rings. The van der Waals surface area contributed by atoms with Crippen molar-refractivity contribution in [1.82, 2.24) is 18.8 Å². The van der Waals surface area contributed by atoms with Crippen LogP contribution in [0.2, 0.25) is 0 Å². The maximum atomic E-state index is 13.5. The van der Waals surface area contributed by atoms with Crippen molar-refractivity contribution in [2.24, 2.45) is 32.4 Å². The van der Waals surface area contributed by atoms with E-state index in [9.17, 15) is 27.0 Å². The molecule has 10 rings (SSSR count). The number of nitrogens with zero attached hydrogens (tertiary/aromatic N) is 8. The van der Waals surface area contributed by atoms with Crippen molar-refractivity contribution in [2.75, 3.05) is 0 Å². The summed E-state index contributed by atoms with van der Waals surface area (Å²) in [4.78, 5) is 19.3. The van der Waals surface area contributed by atoms with Gasteiger partial charge in [0.05, 0.1) is 21.2 Å². The molecule has 0 saturated heterocycles. The molecule has 0 saturated carbocycles. The molecule has 19 heteroatoms. The van der Waals surface area contributed by atoms with Gasteiger partial charge in [0.2, 0.25) is 0 Å². The Labute approximate surface area is 358 Å². The van der Waals surface area contributed by atoms with E-state index in [1.54, 1.807) is 38.1 Å². The second-order valence-electron chi connectivity index (χ2n) is 13.7. The number of fused-ring (bicyclic) bond motifs is 4. The predicted molar refractivity (Wildman–Crippen MR) is 213 cm³/mol. The molecule has 16 nitrogen and oxygen atoms in total. The largest absolute Gasteiger partial charge is 0.506 e. The van der Waals surface area contributed by atoms with Gasteiger partial charge in [-0.2, -0.15) is 27.0 Å². The molecule has 0 fully saturated rings. The number of hydrazone groups is 2. The van der Waals surface area contributed by atoms with Crippen molar-refractivity contribution in [1.29, 1.82) is 0 Å². The number of aromatic hydroxyl groups is 2. The molecule has 59 heavy (non-hydrogen) atoms. The van der Waals surface area contributed by atoms with Crippen LogP contribution in [0, 0.1) is 11.8 Å². The third kappa shape index (κ3) is 6.64. The van der Waals surface area contributed by atoms with Gasteiger partial charge in [-0.1, -0.05) is 71.0 Å². The van der Waals surface area contributed by atoms with Gasteiger partial charge < -0.3 is 19.9 Å². The van der Waals surface area contributed by atoms with E-state index in [4.69, 9.17) is 9.68 Å². The van der Waals surface area contributed by atoms with Crippen LogP contribution in [-0.2, 0) is 57.4 Å². The zero-order valence-corrected chi connectivity index (χ0v) is 38.4. The molecule has 2 aromatic heterocycles. The summed E-state index contributed by atoms with van der Waals surface area (Å²) in [5, 5.41) is 37.4. The van der Waals surface area contributed by atoms with Crippen molar-refractivity contribution in [3.63, 3.8) is 0 Å². The molecule has 0 radical (unpaired) electrons. The number of benzene rings is 4. The summed E-state index contributed by atoms with van der Waals surface area (Å²) in [5.74, 6) is -0.529. The third-order valence-electron chi connectivity index (χ3n) is 10.2. The molecule has 4 aliphatic rings. The van der Waals surface area contributed by atoms with Gasteiger partial charge in [-0.25, -0.2) is 0 Å². The van der Waals surface area contributed by atoms with Crippen LogP contribution in [-0.4, -0.2) is 68.9 Å².